The third kappa shape index (κ3) is 10.4. The van der Waals surface area contributed by atoms with Crippen molar-refractivity contribution >= 4 is 0 Å². The van der Waals surface area contributed by atoms with Gasteiger partial charge in [0.05, 0.1) is 25.9 Å². The molecule has 98 valence electrons. The van der Waals surface area contributed by atoms with Gasteiger partial charge in [-0.3, -0.25) is 0 Å². The lowest BCUT2D eigenvalue weighted by molar-refractivity contribution is 0.0183. The van der Waals surface area contributed by atoms with Crippen molar-refractivity contribution in [1.29, 1.82) is 0 Å². The van der Waals surface area contributed by atoms with Crippen LogP contribution in [0.15, 0.2) is 0 Å². The van der Waals surface area contributed by atoms with Crippen molar-refractivity contribution in [2.45, 2.75) is 51.7 Å². The molecular formula is C12H27NO3. The van der Waals surface area contributed by atoms with E-state index in [1.165, 1.54) is 0 Å². The molecule has 0 aliphatic carbocycles. The van der Waals surface area contributed by atoms with Crippen molar-refractivity contribution in [3.63, 3.8) is 0 Å². The van der Waals surface area contributed by atoms with E-state index in [4.69, 9.17) is 20.3 Å². The normalized spacial score (nSPS) is 15.4. The first-order valence-electron chi connectivity index (χ1n) is 6.07. The van der Waals surface area contributed by atoms with Crippen LogP contribution in [-0.4, -0.2) is 43.2 Å². The number of hydrogen-bond donors (Lipinski definition) is 2. The van der Waals surface area contributed by atoms with Crippen LogP contribution >= 0.6 is 0 Å². The molecule has 0 saturated heterocycles. The average Bonchev–Trinajstić information content (AvgIpc) is 2.21. The highest BCUT2D eigenvalue weighted by Gasteiger charge is 2.15. The van der Waals surface area contributed by atoms with Crippen LogP contribution in [0.1, 0.15) is 40.0 Å². The van der Waals surface area contributed by atoms with E-state index < -0.39 is 5.54 Å². The Kier molecular flexibility index (Phi) is 8.84. The number of hydrogen-bond acceptors (Lipinski definition) is 4. The third-order valence-corrected chi connectivity index (χ3v) is 2.33. The topological polar surface area (TPSA) is 64.7 Å². The summed E-state index contributed by atoms with van der Waals surface area (Å²) in [6.45, 7) is 7.97. The lowest BCUT2D eigenvalue weighted by atomic mass is 9.97. The van der Waals surface area contributed by atoms with Gasteiger partial charge in [-0.05, 0) is 40.0 Å². The molecule has 3 N–H and O–H groups in total. The van der Waals surface area contributed by atoms with E-state index in [0.29, 0.717) is 13.2 Å². The van der Waals surface area contributed by atoms with Crippen molar-refractivity contribution in [3.05, 3.63) is 0 Å². The van der Waals surface area contributed by atoms with Crippen LogP contribution in [-0.2, 0) is 9.47 Å². The first-order valence-corrected chi connectivity index (χ1v) is 6.07. The Balaban J connectivity index is 3.16. The number of aliphatic hydroxyl groups is 1. The minimum Gasteiger partial charge on any atom is -0.394 e. The molecule has 0 bridgehead atoms. The van der Waals surface area contributed by atoms with E-state index in [2.05, 4.69) is 0 Å². The third-order valence-electron chi connectivity index (χ3n) is 2.33. The highest BCUT2D eigenvalue weighted by atomic mass is 16.5. The van der Waals surface area contributed by atoms with Gasteiger partial charge >= 0.3 is 0 Å². The molecule has 0 aromatic carbocycles. The van der Waals surface area contributed by atoms with Crippen molar-refractivity contribution in [2.24, 2.45) is 5.73 Å². The Morgan fingerprint density at radius 1 is 1.19 bits per heavy atom. The van der Waals surface area contributed by atoms with Crippen LogP contribution in [0, 0.1) is 0 Å². The summed E-state index contributed by atoms with van der Waals surface area (Å²) in [6.07, 6.45) is 3.06. The Bertz CT molecular complexity index is 160. The number of aliphatic hydroxyl groups excluding tert-OH is 1. The number of rotatable bonds is 10. The Labute approximate surface area is 99.1 Å². The smallest absolute Gasteiger partial charge is 0.0703 e. The van der Waals surface area contributed by atoms with Gasteiger partial charge in [-0.25, -0.2) is 0 Å². The van der Waals surface area contributed by atoms with Gasteiger partial charge in [-0.15, -0.1) is 0 Å². The zero-order chi connectivity index (χ0) is 12.4. The van der Waals surface area contributed by atoms with Gasteiger partial charge in [0.1, 0.15) is 0 Å². The van der Waals surface area contributed by atoms with Crippen molar-refractivity contribution in [3.8, 4) is 0 Å². The summed E-state index contributed by atoms with van der Waals surface area (Å²) in [5.41, 5.74) is 5.36. The van der Waals surface area contributed by atoms with Crippen LogP contribution in [0.4, 0.5) is 0 Å². The first-order chi connectivity index (χ1) is 7.48. The molecule has 0 aliphatic heterocycles. The van der Waals surface area contributed by atoms with Gasteiger partial charge in [0.25, 0.3) is 0 Å². The molecule has 0 aliphatic rings. The Morgan fingerprint density at radius 3 is 2.44 bits per heavy atom. The maximum atomic E-state index is 8.95. The van der Waals surface area contributed by atoms with E-state index in [1.54, 1.807) is 0 Å². The molecule has 4 heteroatoms. The van der Waals surface area contributed by atoms with E-state index in [0.717, 1.165) is 25.9 Å². The molecule has 0 saturated carbocycles. The van der Waals surface area contributed by atoms with E-state index in [-0.39, 0.29) is 12.7 Å². The van der Waals surface area contributed by atoms with Crippen molar-refractivity contribution in [1.82, 2.24) is 0 Å². The van der Waals surface area contributed by atoms with Crippen molar-refractivity contribution < 1.29 is 14.6 Å². The molecule has 1 atom stereocenters. The maximum Gasteiger partial charge on any atom is 0.0703 e. The second-order valence-corrected chi connectivity index (χ2v) is 4.80. The predicted molar refractivity (Wildman–Crippen MR) is 65.4 cm³/mol. The van der Waals surface area contributed by atoms with Gasteiger partial charge < -0.3 is 20.3 Å². The molecule has 0 fully saturated rings. The summed E-state index contributed by atoms with van der Waals surface area (Å²) in [5, 5.41) is 8.95. The second-order valence-electron chi connectivity index (χ2n) is 4.80. The summed E-state index contributed by atoms with van der Waals surface area (Å²) in [7, 11) is 0. The van der Waals surface area contributed by atoms with Gasteiger partial charge in [0.15, 0.2) is 0 Å². The minimum atomic E-state index is -0.444. The van der Waals surface area contributed by atoms with Crippen LogP contribution in [0.5, 0.6) is 0 Å². The van der Waals surface area contributed by atoms with Crippen molar-refractivity contribution in [2.75, 3.05) is 26.4 Å². The minimum absolute atomic E-state index is 0.0378. The molecule has 16 heavy (non-hydrogen) atoms. The Morgan fingerprint density at radius 2 is 1.88 bits per heavy atom. The molecule has 0 spiro atoms. The quantitative estimate of drug-likeness (QED) is 0.558. The van der Waals surface area contributed by atoms with Gasteiger partial charge in [0.2, 0.25) is 0 Å². The first kappa shape index (κ1) is 15.8. The molecule has 0 radical (unpaired) electrons. The summed E-state index contributed by atoms with van der Waals surface area (Å²) in [4.78, 5) is 0. The highest BCUT2D eigenvalue weighted by molar-refractivity contribution is 4.76. The molecule has 0 aromatic rings. The largest absolute Gasteiger partial charge is 0.394 e. The fourth-order valence-electron chi connectivity index (χ4n) is 1.26. The van der Waals surface area contributed by atoms with E-state index >= 15 is 0 Å². The highest BCUT2D eigenvalue weighted by Crippen LogP contribution is 2.09. The summed E-state index contributed by atoms with van der Waals surface area (Å²) in [5.74, 6) is 0. The number of unbranched alkanes of at least 4 members (excludes halogenated alkanes) is 1. The molecule has 0 rings (SSSR count). The SMILES string of the molecule is CC(C)OCCOCCCCC(C)(N)CO. The fourth-order valence-corrected chi connectivity index (χ4v) is 1.26. The van der Waals surface area contributed by atoms with E-state index in [1.807, 2.05) is 20.8 Å². The van der Waals surface area contributed by atoms with Gasteiger partial charge in [0, 0.05) is 12.1 Å². The maximum absolute atomic E-state index is 8.95. The molecular weight excluding hydrogens is 206 g/mol. The zero-order valence-electron chi connectivity index (χ0n) is 10.9. The van der Waals surface area contributed by atoms with Gasteiger partial charge in [-0.1, -0.05) is 0 Å². The average molecular weight is 233 g/mol. The molecule has 0 amide bonds. The van der Waals surface area contributed by atoms with Crippen LogP contribution in [0.25, 0.3) is 0 Å². The Hall–Kier alpha value is -0.160. The van der Waals surface area contributed by atoms with Gasteiger partial charge in [-0.2, -0.15) is 0 Å². The summed E-state index contributed by atoms with van der Waals surface area (Å²) in [6, 6.07) is 0. The van der Waals surface area contributed by atoms with Crippen LogP contribution in [0.3, 0.4) is 0 Å². The van der Waals surface area contributed by atoms with Crippen LogP contribution in [0.2, 0.25) is 0 Å². The van der Waals surface area contributed by atoms with E-state index in [9.17, 15) is 0 Å². The lowest BCUT2D eigenvalue weighted by Crippen LogP contribution is -2.39. The monoisotopic (exact) mass is 233 g/mol. The number of ether oxygens (including phenoxy) is 2. The lowest BCUT2D eigenvalue weighted by Gasteiger charge is -2.21. The molecule has 1 unspecified atom stereocenters. The molecule has 0 heterocycles. The number of nitrogens with two attached hydrogens (primary N) is 1. The molecule has 4 nitrogen and oxygen atoms in total. The fraction of sp³-hybridized carbons (Fsp3) is 1.00. The standard InChI is InChI=1S/C12H27NO3/c1-11(2)16-9-8-15-7-5-4-6-12(3,13)10-14/h11,14H,4-10,13H2,1-3H3. The summed E-state index contributed by atoms with van der Waals surface area (Å²) < 4.78 is 10.7. The predicted octanol–water partition coefficient (Wildman–Crippen LogP) is 1.31. The second kappa shape index (κ2) is 8.93. The molecule has 0 aromatic heterocycles. The zero-order valence-corrected chi connectivity index (χ0v) is 10.9. The summed E-state index contributed by atoms with van der Waals surface area (Å²) >= 11 is 0. The van der Waals surface area contributed by atoms with Crippen LogP contribution < -0.4 is 5.73 Å².